The second-order valence-corrected chi connectivity index (χ2v) is 8.16. The summed E-state index contributed by atoms with van der Waals surface area (Å²) in [5.41, 5.74) is 1.43. The van der Waals surface area contributed by atoms with E-state index in [1.54, 1.807) is 12.1 Å². The lowest BCUT2D eigenvalue weighted by Gasteiger charge is -2.55. The van der Waals surface area contributed by atoms with Gasteiger partial charge in [0.15, 0.2) is 0 Å². The molecule has 0 aliphatic heterocycles. The molecule has 0 heterocycles. The Kier molecular flexibility index (Phi) is 4.17. The highest BCUT2D eigenvalue weighted by atomic mass is 16.2. The number of nitrogens with one attached hydrogen (secondary N) is 2. The van der Waals surface area contributed by atoms with Crippen molar-refractivity contribution in [1.29, 1.82) is 10.5 Å². The Labute approximate surface area is 153 Å². The average Bonchev–Trinajstić information content (AvgIpc) is 2.63. The maximum absolute atomic E-state index is 13.0. The van der Waals surface area contributed by atoms with Gasteiger partial charge in [0.2, 0.25) is 5.91 Å². The third-order valence-electron chi connectivity index (χ3n) is 6.29. The first-order valence-electron chi connectivity index (χ1n) is 9.28. The summed E-state index contributed by atoms with van der Waals surface area (Å²) in [6.07, 6.45) is 8.53. The zero-order valence-electron chi connectivity index (χ0n) is 14.7. The molecular formula is C21H22N4O. The molecule has 4 aliphatic rings. The molecule has 0 aromatic heterocycles. The number of carbonyl (C=O) groups excluding carboxylic acids is 1. The number of hydrogen-bond donors (Lipinski definition) is 2. The van der Waals surface area contributed by atoms with Crippen LogP contribution in [0.15, 0.2) is 36.0 Å². The summed E-state index contributed by atoms with van der Waals surface area (Å²) in [4.78, 5) is 13.0. The van der Waals surface area contributed by atoms with E-state index in [1.807, 2.05) is 24.3 Å². The van der Waals surface area contributed by atoms with E-state index >= 15 is 0 Å². The Hall–Kier alpha value is -2.79. The number of anilines is 2. The number of amides is 1. The fourth-order valence-electron chi connectivity index (χ4n) is 5.55. The van der Waals surface area contributed by atoms with E-state index in [4.69, 9.17) is 10.5 Å². The number of rotatable bonds is 4. The number of carbonyl (C=O) groups is 1. The quantitative estimate of drug-likeness (QED) is 0.800. The number of hydrogen-bond acceptors (Lipinski definition) is 4. The third kappa shape index (κ3) is 3.06. The summed E-state index contributed by atoms with van der Waals surface area (Å²) in [5.74, 6) is 2.44. The van der Waals surface area contributed by atoms with Gasteiger partial charge >= 0.3 is 0 Å². The van der Waals surface area contributed by atoms with Crippen LogP contribution in [0.3, 0.4) is 0 Å². The Morgan fingerprint density at radius 3 is 1.96 bits per heavy atom. The van der Waals surface area contributed by atoms with Crippen molar-refractivity contribution in [3.8, 4) is 12.1 Å². The van der Waals surface area contributed by atoms with E-state index in [1.165, 1.54) is 25.5 Å². The van der Waals surface area contributed by atoms with Crippen LogP contribution in [-0.4, -0.2) is 5.91 Å². The van der Waals surface area contributed by atoms with Gasteiger partial charge in [0, 0.05) is 17.6 Å². The normalized spacial score (nSPS) is 30.8. The Bertz CT molecular complexity index is 774. The molecule has 0 atom stereocenters. The molecule has 1 aromatic carbocycles. The van der Waals surface area contributed by atoms with Gasteiger partial charge in [-0.1, -0.05) is 0 Å². The Balaban J connectivity index is 1.42. The molecule has 1 aromatic rings. The number of nitriles is 2. The van der Waals surface area contributed by atoms with Crippen LogP contribution in [0.2, 0.25) is 0 Å². The predicted molar refractivity (Wildman–Crippen MR) is 98.6 cm³/mol. The largest absolute Gasteiger partial charge is 0.360 e. The average molecular weight is 346 g/mol. The van der Waals surface area contributed by atoms with Gasteiger partial charge in [0.25, 0.3) is 0 Å². The molecule has 4 bridgehead atoms. The van der Waals surface area contributed by atoms with Crippen molar-refractivity contribution in [1.82, 2.24) is 0 Å². The zero-order valence-corrected chi connectivity index (χ0v) is 14.7. The molecule has 5 rings (SSSR count). The molecule has 4 saturated carbocycles. The van der Waals surface area contributed by atoms with Crippen LogP contribution in [0, 0.1) is 45.8 Å². The number of allylic oxidation sites excluding steroid dienone is 1. The summed E-state index contributed by atoms with van der Waals surface area (Å²) in [5, 5.41) is 23.5. The zero-order chi connectivity index (χ0) is 18.1. The lowest BCUT2D eigenvalue weighted by Crippen LogP contribution is -2.51. The van der Waals surface area contributed by atoms with E-state index in [9.17, 15) is 4.79 Å². The van der Waals surface area contributed by atoms with E-state index < -0.39 is 0 Å². The van der Waals surface area contributed by atoms with Gasteiger partial charge in [-0.15, -0.1) is 0 Å². The van der Waals surface area contributed by atoms with E-state index in [-0.39, 0.29) is 16.9 Å². The first kappa shape index (κ1) is 16.7. The molecule has 5 heteroatoms. The summed E-state index contributed by atoms with van der Waals surface area (Å²) in [6.45, 7) is 0. The molecule has 1 amide bonds. The summed E-state index contributed by atoms with van der Waals surface area (Å²) in [7, 11) is 0. The van der Waals surface area contributed by atoms with Crippen LogP contribution >= 0.6 is 0 Å². The SMILES string of the molecule is N#CC(C#N)=CNc1ccc(NC(=O)C23CC4CC(CC(C4)C2)C3)cc1. The highest BCUT2D eigenvalue weighted by Gasteiger charge is 2.54. The summed E-state index contributed by atoms with van der Waals surface area (Å²) < 4.78 is 0. The first-order valence-corrected chi connectivity index (χ1v) is 9.28. The molecule has 2 N–H and O–H groups in total. The van der Waals surface area contributed by atoms with Gasteiger partial charge < -0.3 is 10.6 Å². The van der Waals surface area contributed by atoms with Crippen LogP contribution in [0.5, 0.6) is 0 Å². The molecule has 0 radical (unpaired) electrons. The second kappa shape index (κ2) is 6.50. The van der Waals surface area contributed by atoms with Crippen molar-refractivity contribution < 1.29 is 4.79 Å². The maximum atomic E-state index is 13.0. The lowest BCUT2D eigenvalue weighted by molar-refractivity contribution is -0.140. The Morgan fingerprint density at radius 1 is 0.962 bits per heavy atom. The van der Waals surface area contributed by atoms with Crippen molar-refractivity contribution in [3.05, 3.63) is 36.0 Å². The molecule has 132 valence electrons. The molecule has 0 unspecified atom stereocenters. The summed E-state index contributed by atoms with van der Waals surface area (Å²) >= 11 is 0. The van der Waals surface area contributed by atoms with E-state index in [0.717, 1.165) is 48.4 Å². The number of nitrogens with zero attached hydrogens (tertiary/aromatic N) is 2. The molecule has 4 fully saturated rings. The van der Waals surface area contributed by atoms with Gasteiger partial charge in [-0.25, -0.2) is 0 Å². The van der Waals surface area contributed by atoms with Crippen molar-refractivity contribution in [2.75, 3.05) is 10.6 Å². The molecule has 0 saturated heterocycles. The smallest absolute Gasteiger partial charge is 0.230 e. The lowest BCUT2D eigenvalue weighted by atomic mass is 9.49. The van der Waals surface area contributed by atoms with Crippen molar-refractivity contribution in [2.45, 2.75) is 38.5 Å². The van der Waals surface area contributed by atoms with Gasteiger partial charge in [-0.3, -0.25) is 4.79 Å². The minimum Gasteiger partial charge on any atom is -0.360 e. The summed E-state index contributed by atoms with van der Waals surface area (Å²) in [6, 6.07) is 11.0. The van der Waals surface area contributed by atoms with Crippen LogP contribution in [0.1, 0.15) is 38.5 Å². The first-order chi connectivity index (χ1) is 12.6. The molecule has 26 heavy (non-hydrogen) atoms. The van der Waals surface area contributed by atoms with Crippen LogP contribution in [0.25, 0.3) is 0 Å². The Morgan fingerprint density at radius 2 is 1.46 bits per heavy atom. The van der Waals surface area contributed by atoms with E-state index in [0.29, 0.717) is 0 Å². The molecule has 0 spiro atoms. The van der Waals surface area contributed by atoms with Gasteiger partial charge in [0.1, 0.15) is 17.7 Å². The standard InChI is InChI=1S/C21H22N4O/c22-11-17(12-23)13-24-18-1-3-19(4-2-18)25-20(26)21-8-14-5-15(9-21)7-16(6-14)10-21/h1-4,13-16,24H,5-10H2,(H,25,26). The molecule has 4 aliphatic carbocycles. The van der Waals surface area contributed by atoms with Crippen LogP contribution < -0.4 is 10.6 Å². The van der Waals surface area contributed by atoms with E-state index in [2.05, 4.69) is 10.6 Å². The number of benzene rings is 1. The van der Waals surface area contributed by atoms with Crippen LogP contribution in [0.4, 0.5) is 11.4 Å². The minimum absolute atomic E-state index is 0.0178. The molecular weight excluding hydrogens is 324 g/mol. The van der Waals surface area contributed by atoms with Crippen molar-refractivity contribution in [3.63, 3.8) is 0 Å². The van der Waals surface area contributed by atoms with Gasteiger partial charge in [-0.05, 0) is 80.5 Å². The fourth-order valence-corrected chi connectivity index (χ4v) is 5.55. The van der Waals surface area contributed by atoms with Gasteiger partial charge in [-0.2, -0.15) is 10.5 Å². The van der Waals surface area contributed by atoms with Crippen LogP contribution in [-0.2, 0) is 4.79 Å². The van der Waals surface area contributed by atoms with Crippen molar-refractivity contribution >= 4 is 17.3 Å². The monoisotopic (exact) mass is 346 g/mol. The predicted octanol–water partition coefficient (Wildman–Crippen LogP) is 4.18. The topological polar surface area (TPSA) is 88.7 Å². The molecule has 5 nitrogen and oxygen atoms in total. The third-order valence-corrected chi connectivity index (χ3v) is 6.29. The fraction of sp³-hybridized carbons (Fsp3) is 0.476. The van der Waals surface area contributed by atoms with Gasteiger partial charge in [0.05, 0.1) is 5.41 Å². The highest BCUT2D eigenvalue weighted by molar-refractivity contribution is 5.95. The second-order valence-electron chi connectivity index (χ2n) is 8.16. The van der Waals surface area contributed by atoms with Crippen molar-refractivity contribution in [2.24, 2.45) is 23.2 Å². The maximum Gasteiger partial charge on any atom is 0.230 e. The minimum atomic E-state index is -0.150. The highest BCUT2D eigenvalue weighted by Crippen LogP contribution is 2.60.